The number of aliphatic hydroxyl groups excluding tert-OH is 4. The highest BCUT2D eigenvalue weighted by atomic mass is 16.6. The number of aliphatic hydroxyl groups is 4. The molecule has 0 bridgehead atoms. The minimum atomic E-state index is -1.18. The van der Waals surface area contributed by atoms with Crippen molar-refractivity contribution in [3.8, 4) is 0 Å². The smallest absolute Gasteiger partial charge is 0.162 e. The molecule has 0 aliphatic carbocycles. The van der Waals surface area contributed by atoms with Gasteiger partial charge in [-0.05, 0) is 0 Å². The molecule has 1 saturated heterocycles. The molecule has 1 rings (SSSR count). The Morgan fingerprint density at radius 1 is 1.17 bits per heavy atom. The third kappa shape index (κ3) is 1.94. The van der Waals surface area contributed by atoms with Crippen molar-refractivity contribution in [1.29, 1.82) is 0 Å². The first-order chi connectivity index (χ1) is 5.69. The largest absolute Gasteiger partial charge is 0.396 e. The summed E-state index contributed by atoms with van der Waals surface area (Å²) in [5, 5.41) is 35.9. The van der Waals surface area contributed by atoms with Crippen LogP contribution in [0.3, 0.4) is 0 Å². The molecule has 0 amide bonds. The van der Waals surface area contributed by atoms with Gasteiger partial charge in [-0.15, -0.1) is 0 Å². The summed E-state index contributed by atoms with van der Waals surface area (Å²) in [7, 11) is 0. The molecule has 3 unspecified atom stereocenters. The van der Waals surface area contributed by atoms with E-state index in [4.69, 9.17) is 14.9 Å². The first-order valence-corrected chi connectivity index (χ1v) is 3.92. The second-order valence-corrected chi connectivity index (χ2v) is 2.98. The van der Waals surface area contributed by atoms with Crippen LogP contribution in [0.2, 0.25) is 0 Å². The molecule has 5 nitrogen and oxygen atoms in total. The van der Waals surface area contributed by atoms with Crippen LogP contribution in [0.4, 0.5) is 0 Å². The Kier molecular flexibility index (Phi) is 3.42. The fraction of sp³-hybridized carbons (Fsp3) is 1.00. The van der Waals surface area contributed by atoms with Gasteiger partial charge < -0.3 is 25.2 Å². The lowest BCUT2D eigenvalue weighted by Crippen LogP contribution is -2.46. The van der Waals surface area contributed by atoms with Gasteiger partial charge in [-0.25, -0.2) is 0 Å². The van der Waals surface area contributed by atoms with Crippen LogP contribution in [0, 0.1) is 5.92 Å². The maximum absolute atomic E-state index is 9.33. The average Bonchev–Trinajstić information content (AvgIpc) is 2.03. The lowest BCUT2D eigenvalue weighted by atomic mass is 9.94. The van der Waals surface area contributed by atoms with Gasteiger partial charge in [-0.3, -0.25) is 0 Å². The van der Waals surface area contributed by atoms with Crippen molar-refractivity contribution >= 4 is 0 Å². The van der Waals surface area contributed by atoms with E-state index in [0.717, 1.165) is 0 Å². The highest BCUT2D eigenvalue weighted by molar-refractivity contribution is 4.79. The van der Waals surface area contributed by atoms with Crippen LogP contribution < -0.4 is 0 Å². The van der Waals surface area contributed by atoms with Gasteiger partial charge in [0.15, 0.2) is 6.29 Å². The number of rotatable bonds is 2. The monoisotopic (exact) mass is 178 g/mol. The first kappa shape index (κ1) is 9.88. The molecule has 0 aromatic rings. The summed E-state index contributed by atoms with van der Waals surface area (Å²) in [5.41, 5.74) is 0. The number of ether oxygens (including phenoxy) is 1. The van der Waals surface area contributed by atoms with Gasteiger partial charge in [-0.1, -0.05) is 0 Å². The summed E-state index contributed by atoms with van der Waals surface area (Å²) in [6, 6.07) is 0. The van der Waals surface area contributed by atoms with Crippen molar-refractivity contribution in [2.24, 2.45) is 5.92 Å². The van der Waals surface area contributed by atoms with E-state index < -0.39 is 24.4 Å². The Labute approximate surface area is 70.2 Å². The van der Waals surface area contributed by atoms with Crippen molar-refractivity contribution < 1.29 is 25.2 Å². The van der Waals surface area contributed by atoms with Crippen molar-refractivity contribution in [3.05, 3.63) is 0 Å². The first-order valence-electron chi connectivity index (χ1n) is 3.92. The standard InChI is InChI=1S/C7H14O5/c8-2-4-1-6(10)5(3-9)7(11)12-4/h4-11H,1-3H2/t4?,5-,6?,7?/m0/s1. The Balaban J connectivity index is 2.51. The van der Waals surface area contributed by atoms with Gasteiger partial charge >= 0.3 is 0 Å². The topological polar surface area (TPSA) is 90.2 Å². The molecule has 0 spiro atoms. The van der Waals surface area contributed by atoms with E-state index in [1.54, 1.807) is 0 Å². The second-order valence-electron chi connectivity index (χ2n) is 2.98. The lowest BCUT2D eigenvalue weighted by molar-refractivity contribution is -0.237. The molecule has 1 heterocycles. The van der Waals surface area contributed by atoms with Crippen LogP contribution in [-0.2, 0) is 4.74 Å². The molecule has 4 atom stereocenters. The Hall–Kier alpha value is -0.200. The molecule has 72 valence electrons. The maximum Gasteiger partial charge on any atom is 0.162 e. The van der Waals surface area contributed by atoms with Gasteiger partial charge in [-0.2, -0.15) is 0 Å². The molecule has 1 aliphatic rings. The van der Waals surface area contributed by atoms with Crippen molar-refractivity contribution in [1.82, 2.24) is 0 Å². The molecule has 5 heteroatoms. The minimum absolute atomic E-state index is 0.230. The normalized spacial score (nSPS) is 43.0. The maximum atomic E-state index is 9.33. The van der Waals surface area contributed by atoms with E-state index in [0.29, 0.717) is 0 Å². The molecule has 1 fully saturated rings. The van der Waals surface area contributed by atoms with Crippen LogP contribution in [0.15, 0.2) is 0 Å². The fourth-order valence-electron chi connectivity index (χ4n) is 1.32. The molecule has 0 aromatic carbocycles. The van der Waals surface area contributed by atoms with Crippen LogP contribution >= 0.6 is 0 Å². The summed E-state index contributed by atoms with van der Waals surface area (Å²) in [5.74, 6) is -0.659. The van der Waals surface area contributed by atoms with Crippen molar-refractivity contribution in [2.45, 2.75) is 24.9 Å². The van der Waals surface area contributed by atoms with Gasteiger partial charge in [0.1, 0.15) is 0 Å². The predicted octanol–water partition coefficient (Wildman–Crippen LogP) is -1.94. The molecule has 12 heavy (non-hydrogen) atoms. The van der Waals surface area contributed by atoms with E-state index in [9.17, 15) is 10.2 Å². The Bertz CT molecular complexity index is 128. The van der Waals surface area contributed by atoms with E-state index in [1.165, 1.54) is 0 Å². The lowest BCUT2D eigenvalue weighted by Gasteiger charge is -2.35. The summed E-state index contributed by atoms with van der Waals surface area (Å²) in [4.78, 5) is 0. The SMILES string of the molecule is OCC1CC(O)[C@H](CO)C(O)O1. The third-order valence-corrected chi connectivity index (χ3v) is 2.11. The van der Waals surface area contributed by atoms with Gasteiger partial charge in [0.05, 0.1) is 31.3 Å². The van der Waals surface area contributed by atoms with Crippen LogP contribution in [-0.4, -0.2) is 52.1 Å². The summed E-state index contributed by atoms with van der Waals surface area (Å²) in [6.45, 7) is -0.549. The van der Waals surface area contributed by atoms with Gasteiger partial charge in [0, 0.05) is 6.42 Å². The molecule has 0 radical (unpaired) electrons. The van der Waals surface area contributed by atoms with Gasteiger partial charge in [0.2, 0.25) is 0 Å². The Morgan fingerprint density at radius 2 is 1.83 bits per heavy atom. The predicted molar refractivity (Wildman–Crippen MR) is 39.2 cm³/mol. The number of hydrogen-bond acceptors (Lipinski definition) is 5. The van der Waals surface area contributed by atoms with E-state index in [1.807, 2.05) is 0 Å². The van der Waals surface area contributed by atoms with E-state index >= 15 is 0 Å². The molecule has 1 aliphatic heterocycles. The quantitative estimate of drug-likeness (QED) is 0.395. The number of hydrogen-bond donors (Lipinski definition) is 4. The second kappa shape index (κ2) is 4.15. The average molecular weight is 178 g/mol. The van der Waals surface area contributed by atoms with Crippen LogP contribution in [0.5, 0.6) is 0 Å². The molecule has 0 aromatic heterocycles. The van der Waals surface area contributed by atoms with E-state index in [-0.39, 0.29) is 19.6 Å². The molecule has 4 N–H and O–H groups in total. The fourth-order valence-corrected chi connectivity index (χ4v) is 1.32. The highest BCUT2D eigenvalue weighted by Crippen LogP contribution is 2.23. The van der Waals surface area contributed by atoms with Crippen LogP contribution in [0.1, 0.15) is 6.42 Å². The summed E-state index contributed by atoms with van der Waals surface area (Å²) >= 11 is 0. The van der Waals surface area contributed by atoms with E-state index in [2.05, 4.69) is 0 Å². The molecular formula is C7H14O5. The zero-order chi connectivity index (χ0) is 9.14. The van der Waals surface area contributed by atoms with Gasteiger partial charge in [0.25, 0.3) is 0 Å². The molecule has 0 saturated carbocycles. The third-order valence-electron chi connectivity index (χ3n) is 2.11. The zero-order valence-electron chi connectivity index (χ0n) is 6.63. The zero-order valence-corrected chi connectivity index (χ0v) is 6.63. The van der Waals surface area contributed by atoms with Crippen LogP contribution in [0.25, 0.3) is 0 Å². The summed E-state index contributed by atoms with van der Waals surface area (Å²) in [6.07, 6.45) is -2.27. The Morgan fingerprint density at radius 3 is 2.25 bits per heavy atom. The highest BCUT2D eigenvalue weighted by Gasteiger charge is 2.35. The van der Waals surface area contributed by atoms with Crippen molar-refractivity contribution in [2.75, 3.05) is 13.2 Å². The van der Waals surface area contributed by atoms with Crippen molar-refractivity contribution in [3.63, 3.8) is 0 Å². The minimum Gasteiger partial charge on any atom is -0.396 e. The summed E-state index contributed by atoms with van der Waals surface area (Å²) < 4.78 is 4.89. The molecular weight excluding hydrogens is 164 g/mol.